The van der Waals surface area contributed by atoms with Crippen LogP contribution in [0.25, 0.3) is 0 Å². The van der Waals surface area contributed by atoms with E-state index in [4.69, 9.17) is 16.3 Å². The maximum absolute atomic E-state index is 12.3. The van der Waals surface area contributed by atoms with Gasteiger partial charge in [0.25, 0.3) is 0 Å². The van der Waals surface area contributed by atoms with Crippen molar-refractivity contribution in [3.8, 4) is 5.75 Å². The monoisotopic (exact) mass is 334 g/mol. The molecule has 0 unspecified atom stereocenters. The summed E-state index contributed by atoms with van der Waals surface area (Å²) in [5.41, 5.74) is 0.582. The molecule has 1 saturated heterocycles. The van der Waals surface area contributed by atoms with Crippen molar-refractivity contribution in [1.82, 2.24) is 14.5 Å². The van der Waals surface area contributed by atoms with Gasteiger partial charge >= 0.3 is 6.03 Å². The second kappa shape index (κ2) is 6.50. The minimum Gasteiger partial charge on any atom is -0.495 e. The predicted octanol–water partition coefficient (Wildman–Crippen LogP) is 3.02. The maximum atomic E-state index is 12.3. The number of ether oxygens (including phenoxy) is 1. The van der Waals surface area contributed by atoms with Gasteiger partial charge in [0.1, 0.15) is 11.6 Å². The molecule has 2 heterocycles. The molecule has 0 aliphatic carbocycles. The normalized spacial score (nSPS) is 14.5. The topological polar surface area (TPSA) is 59.4 Å². The minimum absolute atomic E-state index is 0.135. The summed E-state index contributed by atoms with van der Waals surface area (Å²) >= 11 is 5.97. The van der Waals surface area contributed by atoms with Gasteiger partial charge in [0.2, 0.25) is 0 Å². The Bertz CT molecular complexity index is 710. The zero-order valence-electron chi connectivity index (χ0n) is 13.1. The van der Waals surface area contributed by atoms with Crippen LogP contribution in [0.5, 0.6) is 5.75 Å². The van der Waals surface area contributed by atoms with Crippen LogP contribution in [0.2, 0.25) is 5.02 Å². The molecule has 2 amide bonds. The number of aryl methyl sites for hydroxylation is 1. The highest BCUT2D eigenvalue weighted by Crippen LogP contribution is 2.29. The molecular formula is C16H19ClN4O2. The van der Waals surface area contributed by atoms with Gasteiger partial charge in [0.05, 0.1) is 12.8 Å². The molecule has 1 aliphatic rings. The lowest BCUT2D eigenvalue weighted by atomic mass is 10.0. The van der Waals surface area contributed by atoms with Gasteiger partial charge in [-0.1, -0.05) is 11.6 Å². The number of carbonyl (C=O) groups is 1. The molecule has 0 bridgehead atoms. The van der Waals surface area contributed by atoms with Crippen LogP contribution in [-0.4, -0.2) is 40.7 Å². The van der Waals surface area contributed by atoms with Crippen LogP contribution in [0.15, 0.2) is 30.6 Å². The van der Waals surface area contributed by atoms with E-state index in [0.717, 1.165) is 25.5 Å². The molecule has 2 aromatic rings. The highest BCUT2D eigenvalue weighted by atomic mass is 35.5. The van der Waals surface area contributed by atoms with Crippen LogP contribution in [0.4, 0.5) is 10.5 Å². The zero-order chi connectivity index (χ0) is 16.4. The maximum Gasteiger partial charge on any atom is 0.321 e. The number of methoxy groups -OCH3 is 1. The number of anilines is 1. The third-order valence-electron chi connectivity index (χ3n) is 4.03. The van der Waals surface area contributed by atoms with E-state index >= 15 is 0 Å². The van der Waals surface area contributed by atoms with Gasteiger partial charge in [-0.2, -0.15) is 0 Å². The Hall–Kier alpha value is -2.21. The highest BCUT2D eigenvalue weighted by molar-refractivity contribution is 6.31. The molecule has 1 aromatic carbocycles. The average molecular weight is 335 g/mol. The number of imidazole rings is 1. The third-order valence-corrected chi connectivity index (χ3v) is 4.26. The second-order valence-electron chi connectivity index (χ2n) is 5.67. The summed E-state index contributed by atoms with van der Waals surface area (Å²) in [6, 6.07) is 5.01. The number of rotatable bonds is 4. The molecule has 1 fully saturated rings. The fourth-order valence-corrected chi connectivity index (χ4v) is 2.87. The smallest absolute Gasteiger partial charge is 0.321 e. The second-order valence-corrected chi connectivity index (χ2v) is 6.11. The largest absolute Gasteiger partial charge is 0.495 e. The van der Waals surface area contributed by atoms with Crippen LogP contribution in [0.1, 0.15) is 5.82 Å². The Kier molecular flexibility index (Phi) is 4.43. The number of hydrogen-bond acceptors (Lipinski definition) is 3. The number of benzene rings is 1. The first kappa shape index (κ1) is 15.7. The Morgan fingerprint density at radius 3 is 2.91 bits per heavy atom. The fraction of sp³-hybridized carbons (Fsp3) is 0.375. The Morgan fingerprint density at radius 1 is 1.48 bits per heavy atom. The zero-order valence-corrected chi connectivity index (χ0v) is 13.9. The summed E-state index contributed by atoms with van der Waals surface area (Å²) in [4.78, 5) is 18.3. The lowest BCUT2D eigenvalue weighted by molar-refractivity contribution is 0.119. The van der Waals surface area contributed by atoms with Crippen LogP contribution in [-0.2, 0) is 6.54 Å². The van der Waals surface area contributed by atoms with E-state index < -0.39 is 0 Å². The summed E-state index contributed by atoms with van der Waals surface area (Å²) in [5.74, 6) is 2.04. The first-order chi connectivity index (χ1) is 11.1. The van der Waals surface area contributed by atoms with Crippen molar-refractivity contribution in [2.24, 2.45) is 5.92 Å². The van der Waals surface area contributed by atoms with Crippen LogP contribution in [0.3, 0.4) is 0 Å². The molecule has 0 atom stereocenters. The fourth-order valence-electron chi connectivity index (χ4n) is 2.70. The highest BCUT2D eigenvalue weighted by Gasteiger charge is 2.31. The Balaban J connectivity index is 1.55. The van der Waals surface area contributed by atoms with E-state index in [1.165, 1.54) is 0 Å². The van der Waals surface area contributed by atoms with Crippen molar-refractivity contribution in [3.05, 3.63) is 41.4 Å². The molecule has 3 rings (SSSR count). The molecule has 6 nitrogen and oxygen atoms in total. The SMILES string of the molecule is COc1ccc(Cl)cc1NC(=O)N1CC(Cn2ccnc2C)C1. The lowest BCUT2D eigenvalue weighted by Gasteiger charge is -2.39. The number of hydrogen-bond donors (Lipinski definition) is 1. The van der Waals surface area contributed by atoms with Crippen molar-refractivity contribution in [2.75, 3.05) is 25.5 Å². The van der Waals surface area contributed by atoms with Gasteiger partial charge < -0.3 is 19.5 Å². The molecule has 7 heteroatoms. The Morgan fingerprint density at radius 2 is 2.26 bits per heavy atom. The summed E-state index contributed by atoms with van der Waals surface area (Å²) in [5, 5.41) is 3.41. The van der Waals surface area contributed by atoms with E-state index in [2.05, 4.69) is 14.9 Å². The number of urea groups is 1. The lowest BCUT2D eigenvalue weighted by Crippen LogP contribution is -2.53. The van der Waals surface area contributed by atoms with E-state index in [1.54, 1.807) is 36.4 Å². The van der Waals surface area contributed by atoms with E-state index in [-0.39, 0.29) is 6.03 Å². The van der Waals surface area contributed by atoms with Crippen molar-refractivity contribution in [2.45, 2.75) is 13.5 Å². The summed E-state index contributed by atoms with van der Waals surface area (Å²) in [7, 11) is 1.56. The van der Waals surface area contributed by atoms with Gasteiger partial charge in [-0.05, 0) is 25.1 Å². The molecule has 0 radical (unpaired) electrons. The first-order valence-electron chi connectivity index (χ1n) is 7.44. The number of halogens is 1. The first-order valence-corrected chi connectivity index (χ1v) is 7.82. The van der Waals surface area contributed by atoms with E-state index in [0.29, 0.717) is 22.4 Å². The average Bonchev–Trinajstić information content (AvgIpc) is 2.87. The molecular weight excluding hydrogens is 316 g/mol. The van der Waals surface area contributed by atoms with Crippen molar-refractivity contribution < 1.29 is 9.53 Å². The predicted molar refractivity (Wildman–Crippen MR) is 89.0 cm³/mol. The standard InChI is InChI=1S/C16H19ClN4O2/c1-11-18-5-6-20(11)8-12-9-21(10-12)16(22)19-14-7-13(17)3-4-15(14)23-2/h3-7,12H,8-10H2,1-2H3,(H,19,22). The van der Waals surface area contributed by atoms with Gasteiger partial charge in [-0.3, -0.25) is 0 Å². The molecule has 1 aliphatic heterocycles. The van der Waals surface area contributed by atoms with Crippen molar-refractivity contribution in [1.29, 1.82) is 0 Å². The van der Waals surface area contributed by atoms with Gasteiger partial charge in [-0.15, -0.1) is 0 Å². The molecule has 1 N–H and O–H groups in total. The van der Waals surface area contributed by atoms with Crippen molar-refractivity contribution >= 4 is 23.3 Å². The summed E-state index contributed by atoms with van der Waals surface area (Å²) in [6.07, 6.45) is 3.76. The van der Waals surface area contributed by atoms with Gasteiger partial charge in [-0.25, -0.2) is 9.78 Å². The molecule has 0 saturated carbocycles. The number of likely N-dealkylation sites (tertiary alicyclic amines) is 1. The van der Waals surface area contributed by atoms with Crippen molar-refractivity contribution in [3.63, 3.8) is 0 Å². The third kappa shape index (κ3) is 3.42. The minimum atomic E-state index is -0.135. The van der Waals surface area contributed by atoms with Crippen LogP contribution < -0.4 is 10.1 Å². The number of aromatic nitrogens is 2. The quantitative estimate of drug-likeness (QED) is 0.935. The summed E-state index contributed by atoms with van der Waals surface area (Å²) in [6.45, 7) is 4.32. The van der Waals surface area contributed by atoms with Crippen LogP contribution >= 0.6 is 11.6 Å². The summed E-state index contributed by atoms with van der Waals surface area (Å²) < 4.78 is 7.35. The van der Waals surface area contributed by atoms with Gasteiger partial charge in [0, 0.05) is 43.0 Å². The number of nitrogens with one attached hydrogen (secondary N) is 1. The molecule has 122 valence electrons. The van der Waals surface area contributed by atoms with E-state index in [9.17, 15) is 4.79 Å². The molecule has 23 heavy (non-hydrogen) atoms. The van der Waals surface area contributed by atoms with Gasteiger partial charge in [0.15, 0.2) is 0 Å². The molecule has 0 spiro atoms. The van der Waals surface area contributed by atoms with E-state index in [1.807, 2.05) is 13.1 Å². The number of amides is 2. The number of nitrogens with zero attached hydrogens (tertiary/aromatic N) is 3. The van der Waals surface area contributed by atoms with Crippen LogP contribution in [0, 0.1) is 12.8 Å². The molecule has 1 aromatic heterocycles. The Labute approximate surface area is 140 Å². The number of carbonyl (C=O) groups excluding carboxylic acids is 1.